The quantitative estimate of drug-likeness (QED) is 0.268. The smallest absolute Gasteiger partial charge is 0.238 e. The van der Waals surface area contributed by atoms with E-state index in [1.807, 2.05) is 83.4 Å². The summed E-state index contributed by atoms with van der Waals surface area (Å²) < 4.78 is 10.4. The minimum atomic E-state index is 0.559. The summed E-state index contributed by atoms with van der Waals surface area (Å²) in [4.78, 5) is 15.2. The first-order valence-corrected chi connectivity index (χ1v) is 12.1. The van der Waals surface area contributed by atoms with Crippen molar-refractivity contribution in [2.45, 2.75) is 0 Å². The van der Waals surface area contributed by atoms with E-state index >= 15 is 0 Å². The van der Waals surface area contributed by atoms with Gasteiger partial charge in [-0.3, -0.25) is 0 Å². The van der Waals surface area contributed by atoms with Crippen molar-refractivity contribution in [2.75, 3.05) is 0 Å². The highest BCUT2D eigenvalue weighted by Gasteiger charge is 2.23. The molecule has 6 heteroatoms. The van der Waals surface area contributed by atoms with E-state index in [9.17, 15) is 0 Å². The lowest BCUT2D eigenvalue weighted by molar-refractivity contribution is 0.651. The normalized spacial score (nSPS) is 11.8. The maximum atomic E-state index is 6.30. The van der Waals surface area contributed by atoms with Crippen LogP contribution in [0, 0.1) is 0 Å². The zero-order valence-electron chi connectivity index (χ0n) is 19.6. The molecule has 0 atom stereocenters. The fourth-order valence-corrected chi connectivity index (χ4v) is 5.08. The zero-order chi connectivity index (χ0) is 24.3. The first-order chi connectivity index (χ1) is 18.3. The highest BCUT2D eigenvalue weighted by atomic mass is 16.3. The Bertz CT molecular complexity index is 2030. The second kappa shape index (κ2) is 7.63. The molecule has 37 heavy (non-hydrogen) atoms. The van der Waals surface area contributed by atoms with Crippen molar-refractivity contribution in [2.24, 2.45) is 0 Å². The minimum Gasteiger partial charge on any atom is -0.437 e. The molecule has 0 aliphatic rings. The van der Waals surface area contributed by atoms with Gasteiger partial charge >= 0.3 is 0 Å². The van der Waals surface area contributed by atoms with Crippen molar-refractivity contribution >= 4 is 39.0 Å². The summed E-state index contributed by atoms with van der Waals surface area (Å²) >= 11 is 0. The van der Waals surface area contributed by atoms with Crippen LogP contribution in [0.4, 0.5) is 0 Å². The van der Waals surface area contributed by atoms with Gasteiger partial charge in [0.05, 0.1) is 22.4 Å². The van der Waals surface area contributed by atoms with E-state index in [0.717, 1.165) is 50.0 Å². The van der Waals surface area contributed by atoms with Crippen LogP contribution in [0.1, 0.15) is 0 Å². The minimum absolute atomic E-state index is 0.559. The number of rotatable bonds is 3. The van der Waals surface area contributed by atoms with E-state index in [1.54, 1.807) is 0 Å². The SMILES string of the molecule is c1ccc(-c2cc(-c3ccccc3)nc(-n3c4ccccc4n4c5oc6ccccc6c5nc34)n2)cc1. The Morgan fingerprint density at radius 2 is 1.16 bits per heavy atom. The Labute approximate surface area is 211 Å². The molecule has 0 aliphatic carbocycles. The first kappa shape index (κ1) is 20.0. The van der Waals surface area contributed by atoms with Crippen LogP contribution in [0.3, 0.4) is 0 Å². The Morgan fingerprint density at radius 3 is 1.86 bits per heavy atom. The molecule has 0 N–H and O–H groups in total. The molecule has 0 unspecified atom stereocenters. The molecule has 8 aromatic rings. The average molecular weight is 478 g/mol. The van der Waals surface area contributed by atoms with Crippen LogP contribution in [0.2, 0.25) is 0 Å². The molecule has 0 fully saturated rings. The van der Waals surface area contributed by atoms with Gasteiger partial charge in [-0.25, -0.2) is 23.9 Å². The number of imidazole rings is 2. The summed E-state index contributed by atoms with van der Waals surface area (Å²) in [6, 6.07) is 38.6. The number of furan rings is 1. The van der Waals surface area contributed by atoms with Crippen LogP contribution in [0.25, 0.3) is 67.5 Å². The number of hydrogen-bond acceptors (Lipinski definition) is 4. The van der Waals surface area contributed by atoms with Gasteiger partial charge in [0.25, 0.3) is 0 Å². The zero-order valence-corrected chi connectivity index (χ0v) is 19.6. The fraction of sp³-hybridized carbons (Fsp3) is 0. The summed E-state index contributed by atoms with van der Waals surface area (Å²) in [6.07, 6.45) is 0. The number of hydrogen-bond donors (Lipinski definition) is 0. The van der Waals surface area contributed by atoms with Gasteiger partial charge in [0.2, 0.25) is 17.4 Å². The van der Waals surface area contributed by atoms with Crippen LogP contribution < -0.4 is 0 Å². The number of fused-ring (bicyclic) bond motifs is 7. The predicted molar refractivity (Wildman–Crippen MR) is 146 cm³/mol. The molecule has 0 spiro atoms. The Morgan fingerprint density at radius 1 is 0.568 bits per heavy atom. The molecule has 0 aliphatic heterocycles. The number of para-hydroxylation sites is 3. The third kappa shape index (κ3) is 2.96. The van der Waals surface area contributed by atoms with E-state index in [1.165, 1.54) is 0 Å². The van der Waals surface area contributed by atoms with Crippen molar-refractivity contribution in [3.05, 3.63) is 115 Å². The van der Waals surface area contributed by atoms with Gasteiger partial charge < -0.3 is 4.42 Å². The van der Waals surface area contributed by atoms with Crippen LogP contribution in [0.5, 0.6) is 0 Å². The molecule has 0 bridgehead atoms. The van der Waals surface area contributed by atoms with Gasteiger partial charge in [-0.15, -0.1) is 0 Å². The lowest BCUT2D eigenvalue weighted by atomic mass is 10.1. The second-order valence-electron chi connectivity index (χ2n) is 8.99. The Balaban J connectivity index is 1.49. The third-order valence-corrected chi connectivity index (χ3v) is 6.78. The Kier molecular flexibility index (Phi) is 4.13. The van der Waals surface area contributed by atoms with Gasteiger partial charge in [0, 0.05) is 16.5 Å². The number of aromatic nitrogens is 5. The van der Waals surface area contributed by atoms with Gasteiger partial charge in [-0.05, 0) is 30.3 Å². The summed E-state index contributed by atoms with van der Waals surface area (Å²) in [5.41, 5.74) is 8.05. The van der Waals surface area contributed by atoms with E-state index in [4.69, 9.17) is 19.4 Å². The standard InChI is InChI=1S/C31H19N5O/c1-3-11-20(12-4-1)23-19-24(21-13-5-2-6-14-21)33-30(32-23)36-26-17-9-8-16-25(26)35-29-28(34-31(35)36)22-15-7-10-18-27(22)37-29/h1-19H. The van der Waals surface area contributed by atoms with Crippen LogP contribution >= 0.6 is 0 Å². The van der Waals surface area contributed by atoms with Crippen LogP contribution in [0.15, 0.2) is 120 Å². The largest absolute Gasteiger partial charge is 0.437 e. The monoisotopic (exact) mass is 477 g/mol. The first-order valence-electron chi connectivity index (χ1n) is 12.1. The molecule has 174 valence electrons. The van der Waals surface area contributed by atoms with Crippen molar-refractivity contribution in [1.82, 2.24) is 23.9 Å². The number of benzene rings is 4. The molecule has 0 radical (unpaired) electrons. The molecule has 4 aromatic heterocycles. The fourth-order valence-electron chi connectivity index (χ4n) is 5.08. The van der Waals surface area contributed by atoms with Crippen molar-refractivity contribution < 1.29 is 4.42 Å². The molecule has 4 heterocycles. The van der Waals surface area contributed by atoms with E-state index in [-0.39, 0.29) is 0 Å². The molecular weight excluding hydrogens is 458 g/mol. The molecule has 6 nitrogen and oxygen atoms in total. The predicted octanol–water partition coefficient (Wildman–Crippen LogP) is 7.30. The molecule has 0 saturated heterocycles. The average Bonchev–Trinajstić information content (AvgIpc) is 3.61. The Hall–Kier alpha value is -5.23. The highest BCUT2D eigenvalue weighted by Crippen LogP contribution is 2.34. The van der Waals surface area contributed by atoms with E-state index in [0.29, 0.717) is 17.4 Å². The van der Waals surface area contributed by atoms with Gasteiger partial charge in [-0.1, -0.05) is 84.9 Å². The van der Waals surface area contributed by atoms with Crippen molar-refractivity contribution in [3.63, 3.8) is 0 Å². The van der Waals surface area contributed by atoms with Crippen molar-refractivity contribution in [1.29, 1.82) is 0 Å². The van der Waals surface area contributed by atoms with Crippen molar-refractivity contribution in [3.8, 4) is 28.5 Å². The lowest BCUT2D eigenvalue weighted by Crippen LogP contribution is -2.04. The summed E-state index contributed by atoms with van der Waals surface area (Å²) in [5, 5.41) is 0.987. The second-order valence-corrected chi connectivity index (χ2v) is 8.99. The molecule has 0 amide bonds. The maximum Gasteiger partial charge on any atom is 0.238 e. The lowest BCUT2D eigenvalue weighted by Gasteiger charge is -2.10. The topological polar surface area (TPSA) is 61.2 Å². The van der Waals surface area contributed by atoms with Crippen LogP contribution in [-0.2, 0) is 0 Å². The third-order valence-electron chi connectivity index (χ3n) is 6.78. The van der Waals surface area contributed by atoms with Gasteiger partial charge in [0.15, 0.2) is 0 Å². The highest BCUT2D eigenvalue weighted by molar-refractivity contribution is 6.04. The van der Waals surface area contributed by atoms with E-state index in [2.05, 4.69) is 40.8 Å². The van der Waals surface area contributed by atoms with Crippen LogP contribution in [-0.4, -0.2) is 23.9 Å². The van der Waals surface area contributed by atoms with Gasteiger partial charge in [0.1, 0.15) is 11.1 Å². The summed E-state index contributed by atoms with van der Waals surface area (Å²) in [6.45, 7) is 0. The molecule has 0 saturated carbocycles. The molecule has 4 aromatic carbocycles. The van der Waals surface area contributed by atoms with E-state index < -0.39 is 0 Å². The summed E-state index contributed by atoms with van der Waals surface area (Å²) in [7, 11) is 0. The van der Waals surface area contributed by atoms with Gasteiger partial charge in [-0.2, -0.15) is 0 Å². The molecule has 8 rings (SSSR count). The summed E-state index contributed by atoms with van der Waals surface area (Å²) in [5.74, 6) is 1.27. The molecular formula is C31H19N5O. The maximum absolute atomic E-state index is 6.30. The number of nitrogens with zero attached hydrogens (tertiary/aromatic N) is 5.